The van der Waals surface area contributed by atoms with Crippen molar-refractivity contribution in [1.29, 1.82) is 0 Å². The first-order valence-corrected chi connectivity index (χ1v) is 30.1. The van der Waals surface area contributed by atoms with E-state index >= 15 is 0 Å². The summed E-state index contributed by atoms with van der Waals surface area (Å²) in [5, 5.41) is 7.09. The minimum atomic E-state index is -0.380. The molecule has 3 heterocycles. The second-order valence-electron chi connectivity index (χ2n) is 25.4. The Morgan fingerprint density at radius 3 is 1.66 bits per heavy atom. The Morgan fingerprint density at radius 1 is 0.412 bits per heavy atom. The maximum atomic E-state index is 7.08. The van der Waals surface area contributed by atoms with Gasteiger partial charge in [-0.25, -0.2) is 0 Å². The average molecular weight is 1100 g/mol. The van der Waals surface area contributed by atoms with E-state index in [0.717, 1.165) is 67.0 Å². The van der Waals surface area contributed by atoms with E-state index in [9.17, 15) is 0 Å². The van der Waals surface area contributed by atoms with E-state index < -0.39 is 0 Å². The molecule has 17 rings (SSSR count). The quantitative estimate of drug-likeness (QED) is 0.149. The maximum Gasteiger partial charge on any atom is 0.144 e. The third kappa shape index (κ3) is 6.68. The minimum Gasteiger partial charge on any atom is -0.455 e. The first kappa shape index (κ1) is 49.7. The summed E-state index contributed by atoms with van der Waals surface area (Å²) in [7, 11) is 0. The van der Waals surface area contributed by atoms with Gasteiger partial charge in [0.1, 0.15) is 22.3 Å². The molecule has 4 nitrogen and oxygen atoms in total. The molecule has 4 heteroatoms. The van der Waals surface area contributed by atoms with Gasteiger partial charge in [0.05, 0.1) is 11.0 Å². The fraction of sp³-hybridized carbons (Fsp3) is 0.136. The predicted octanol–water partition coefficient (Wildman–Crippen LogP) is 22.6. The summed E-state index contributed by atoms with van der Waals surface area (Å²) in [5.74, 6) is 0. The summed E-state index contributed by atoms with van der Waals surface area (Å²) in [6.07, 6.45) is 6.45. The van der Waals surface area contributed by atoms with Crippen molar-refractivity contribution in [1.82, 2.24) is 4.57 Å². The van der Waals surface area contributed by atoms with Crippen molar-refractivity contribution in [2.45, 2.75) is 71.6 Å². The first-order valence-electron chi connectivity index (χ1n) is 30.1. The van der Waals surface area contributed by atoms with Crippen LogP contribution in [0.15, 0.2) is 239 Å². The average Bonchev–Trinajstić information content (AvgIpc) is 1.53. The number of hydrogen-bond acceptors (Lipinski definition) is 3. The summed E-state index contributed by atoms with van der Waals surface area (Å²) < 4.78 is 16.5. The summed E-state index contributed by atoms with van der Waals surface area (Å²) >= 11 is 0. The van der Waals surface area contributed by atoms with Crippen LogP contribution < -0.4 is 4.90 Å². The number of aromatic nitrogens is 1. The molecule has 3 aliphatic rings. The molecular formula is C81H62N2O2. The second-order valence-corrected chi connectivity index (χ2v) is 25.4. The normalized spacial score (nSPS) is 15.1. The molecule has 11 aromatic carbocycles. The number of allylic oxidation sites excluding steroid dienone is 4. The van der Waals surface area contributed by atoms with Gasteiger partial charge in [0.25, 0.3) is 0 Å². The number of benzene rings is 11. The number of rotatable bonds is 7. The SMILES string of the molecule is C/C=C\C(=C/C)c1ccc(-c2cc3c(c4c2oc2ccccc24)-c2ccc(N(c4ccc5c(c4)C(C)(C)c4c6c(c7oc8ccccc8c7c4-5)-c4ccccc4C6(C)C)c4ccc5c(c4)c4ccccc4n5-c4ccccc4)cc2C3(C)C)cc1. The van der Waals surface area contributed by atoms with Crippen molar-refractivity contribution in [2.75, 3.05) is 4.90 Å². The van der Waals surface area contributed by atoms with Gasteiger partial charge in [-0.05, 0) is 171 Å². The molecule has 0 saturated carbocycles. The molecule has 14 aromatic rings. The third-order valence-corrected chi connectivity index (χ3v) is 19.8. The number of nitrogens with zero attached hydrogens (tertiary/aromatic N) is 2. The Bertz CT molecular complexity index is 5280. The predicted molar refractivity (Wildman–Crippen MR) is 357 cm³/mol. The van der Waals surface area contributed by atoms with Crippen LogP contribution in [0.1, 0.15) is 94.3 Å². The van der Waals surface area contributed by atoms with Crippen LogP contribution in [0, 0.1) is 0 Å². The van der Waals surface area contributed by atoms with Gasteiger partial charge in [0.15, 0.2) is 0 Å². The molecular weight excluding hydrogens is 1030 g/mol. The van der Waals surface area contributed by atoms with E-state index in [2.05, 4.69) is 295 Å². The van der Waals surface area contributed by atoms with Gasteiger partial charge < -0.3 is 18.3 Å². The first-order chi connectivity index (χ1) is 41.4. The van der Waals surface area contributed by atoms with Crippen LogP contribution in [-0.2, 0) is 16.2 Å². The van der Waals surface area contributed by atoms with Crippen LogP contribution in [0.3, 0.4) is 0 Å². The Hall–Kier alpha value is -9.90. The molecule has 0 unspecified atom stereocenters. The molecule has 0 amide bonds. The maximum absolute atomic E-state index is 7.08. The van der Waals surface area contributed by atoms with Crippen molar-refractivity contribution in [3.05, 3.63) is 269 Å². The molecule has 0 N–H and O–H groups in total. The lowest BCUT2D eigenvalue weighted by Crippen LogP contribution is -2.24. The van der Waals surface area contributed by atoms with Crippen molar-refractivity contribution in [2.24, 2.45) is 0 Å². The van der Waals surface area contributed by atoms with E-state index in [4.69, 9.17) is 8.83 Å². The molecule has 0 saturated heterocycles. The van der Waals surface area contributed by atoms with Crippen LogP contribution >= 0.6 is 0 Å². The molecule has 3 aromatic heterocycles. The minimum absolute atomic E-state index is 0.261. The highest BCUT2D eigenvalue weighted by atomic mass is 16.3. The van der Waals surface area contributed by atoms with Crippen LogP contribution in [0.5, 0.6) is 0 Å². The van der Waals surface area contributed by atoms with E-state index in [1.807, 2.05) is 0 Å². The van der Waals surface area contributed by atoms with Gasteiger partial charge in [-0.1, -0.05) is 193 Å². The van der Waals surface area contributed by atoms with Crippen LogP contribution in [-0.4, -0.2) is 4.57 Å². The van der Waals surface area contributed by atoms with Gasteiger partial charge in [-0.15, -0.1) is 0 Å². The van der Waals surface area contributed by atoms with E-state index in [-0.39, 0.29) is 16.2 Å². The van der Waals surface area contributed by atoms with Crippen molar-refractivity contribution in [3.8, 4) is 50.2 Å². The van der Waals surface area contributed by atoms with Crippen molar-refractivity contribution < 1.29 is 8.83 Å². The largest absolute Gasteiger partial charge is 0.455 e. The molecule has 0 aliphatic heterocycles. The zero-order chi connectivity index (χ0) is 57.4. The summed E-state index contributed by atoms with van der Waals surface area (Å²) in [6, 6.07) is 79.0. The lowest BCUT2D eigenvalue weighted by molar-refractivity contribution is 0.600. The van der Waals surface area contributed by atoms with Crippen molar-refractivity contribution in [3.63, 3.8) is 0 Å². The summed E-state index contributed by atoms with van der Waals surface area (Å²) in [5.41, 5.74) is 29.7. The van der Waals surface area contributed by atoms with E-state index in [0.29, 0.717) is 0 Å². The topological polar surface area (TPSA) is 34.5 Å². The smallest absolute Gasteiger partial charge is 0.144 e. The molecule has 0 radical (unpaired) electrons. The second kappa shape index (κ2) is 17.6. The zero-order valence-electron chi connectivity index (χ0n) is 49.2. The van der Waals surface area contributed by atoms with Crippen LogP contribution in [0.2, 0.25) is 0 Å². The lowest BCUT2D eigenvalue weighted by Gasteiger charge is -2.32. The van der Waals surface area contributed by atoms with E-state index in [1.165, 1.54) is 110 Å². The van der Waals surface area contributed by atoms with Crippen molar-refractivity contribution >= 4 is 88.3 Å². The Balaban J connectivity index is 0.894. The Kier molecular flexibility index (Phi) is 10.3. The third-order valence-electron chi connectivity index (χ3n) is 19.8. The number of furan rings is 2. The van der Waals surface area contributed by atoms with E-state index in [1.54, 1.807) is 0 Å². The highest BCUT2D eigenvalue weighted by molar-refractivity contribution is 6.22. The highest BCUT2D eigenvalue weighted by Gasteiger charge is 2.49. The molecule has 0 spiro atoms. The fourth-order valence-electron chi connectivity index (χ4n) is 15.9. The molecule has 3 aliphatic carbocycles. The van der Waals surface area contributed by atoms with Crippen LogP contribution in [0.25, 0.3) is 121 Å². The zero-order valence-corrected chi connectivity index (χ0v) is 49.2. The van der Waals surface area contributed by atoms with Crippen LogP contribution in [0.4, 0.5) is 17.1 Å². The van der Waals surface area contributed by atoms with Gasteiger partial charge in [-0.2, -0.15) is 0 Å². The molecule has 0 atom stereocenters. The van der Waals surface area contributed by atoms with Gasteiger partial charge in [-0.3, -0.25) is 0 Å². The molecule has 0 fully saturated rings. The summed E-state index contributed by atoms with van der Waals surface area (Å²) in [6.45, 7) is 18.8. The number of para-hydroxylation sites is 4. The fourth-order valence-corrected chi connectivity index (χ4v) is 15.9. The Morgan fingerprint density at radius 2 is 0.953 bits per heavy atom. The van der Waals surface area contributed by atoms with Gasteiger partial charge >= 0.3 is 0 Å². The number of anilines is 3. The number of hydrogen-bond donors (Lipinski definition) is 0. The standard InChI is InChI=1S/C81H62N2O2/c1-9-22-47(10-2)48-33-35-49(36-34-48)60-46-65-70(72-58-27-16-20-31-68(58)84-77(60)72)56-40-37-52(44-63(56)79(65,3)4)82(51-39-42-67-61(43-51)54-25-15-19-30-66(54)83(67)50-23-12-11-13-24-50)53-38-41-57-64(45-53)81(7,8)75-71(57)73-59-28-17-21-32-69(59)85-78(73)74-55-26-14-18-29-62(55)80(5,6)76(74)75/h9-46H,1-8H3/b22-9-,47-10+. The molecule has 408 valence electrons. The number of fused-ring (bicyclic) bond motifs is 22. The Labute approximate surface area is 495 Å². The molecule has 85 heavy (non-hydrogen) atoms. The highest BCUT2D eigenvalue weighted by Crippen LogP contribution is 2.64. The summed E-state index contributed by atoms with van der Waals surface area (Å²) in [4.78, 5) is 2.53. The lowest BCUT2D eigenvalue weighted by atomic mass is 9.72. The molecule has 0 bridgehead atoms. The van der Waals surface area contributed by atoms with Gasteiger partial charge in [0, 0.05) is 82.4 Å². The monoisotopic (exact) mass is 1090 g/mol. The van der Waals surface area contributed by atoms with Gasteiger partial charge in [0.2, 0.25) is 0 Å².